The number of aryl methyl sites for hydroxylation is 1. The van der Waals surface area contributed by atoms with E-state index >= 15 is 0 Å². The Labute approximate surface area is 232 Å². The van der Waals surface area contributed by atoms with Crippen LogP contribution in [-0.4, -0.2) is 54.9 Å². The predicted molar refractivity (Wildman–Crippen MR) is 145 cm³/mol. The van der Waals surface area contributed by atoms with Gasteiger partial charge in [-0.05, 0) is 56.9 Å². The molecule has 0 aliphatic carbocycles. The number of nitrogens with one attached hydrogen (secondary N) is 3. The molecule has 2 unspecified atom stereocenters. The highest BCUT2D eigenvalue weighted by Gasteiger charge is 2.32. The number of alkyl carbamates (subject to hydrolysis) is 1. The van der Waals surface area contributed by atoms with Gasteiger partial charge in [-0.3, -0.25) is 9.59 Å². The first-order chi connectivity index (χ1) is 18.8. The number of amides is 3. The Kier molecular flexibility index (Phi) is 12.0. The van der Waals surface area contributed by atoms with E-state index in [9.17, 15) is 27.6 Å². The van der Waals surface area contributed by atoms with Crippen LogP contribution in [0.3, 0.4) is 0 Å². The molecule has 2 rings (SSSR count). The van der Waals surface area contributed by atoms with E-state index < -0.39 is 48.3 Å². The number of rotatable bonds is 13. The Bertz CT molecular complexity index is 1130. The standard InChI is InChI=1S/C29H36F3N3O5/c1-5-16-39-22-13-9-12-21(17-22)18-24(25(36)33-19-29(30,31)32)34-26(37)23(35-27(38)40-28(2,3)4)15-14-20-10-7-6-8-11-20/h5-13,17,23-24H,1,14-16,18-19H2,2-4H3,(H,33,36)(H,34,37)(H,35,38). The first-order valence-corrected chi connectivity index (χ1v) is 12.8. The maximum atomic E-state index is 13.4. The molecule has 11 heteroatoms. The van der Waals surface area contributed by atoms with Gasteiger partial charge in [0.25, 0.3) is 0 Å². The van der Waals surface area contributed by atoms with Gasteiger partial charge >= 0.3 is 12.3 Å². The summed E-state index contributed by atoms with van der Waals surface area (Å²) in [5.41, 5.74) is 0.612. The van der Waals surface area contributed by atoms with E-state index in [0.29, 0.717) is 17.7 Å². The van der Waals surface area contributed by atoms with Gasteiger partial charge in [-0.2, -0.15) is 13.2 Å². The zero-order chi connectivity index (χ0) is 29.8. The summed E-state index contributed by atoms with van der Waals surface area (Å²) in [6.45, 7) is 7.25. The lowest BCUT2D eigenvalue weighted by Crippen LogP contribution is -2.55. The fourth-order valence-corrected chi connectivity index (χ4v) is 3.62. The summed E-state index contributed by atoms with van der Waals surface area (Å²) in [6, 6.07) is 13.3. The van der Waals surface area contributed by atoms with E-state index in [4.69, 9.17) is 9.47 Å². The van der Waals surface area contributed by atoms with Crippen molar-refractivity contribution < 1.29 is 37.0 Å². The van der Waals surface area contributed by atoms with Gasteiger partial charge < -0.3 is 25.4 Å². The highest BCUT2D eigenvalue weighted by Crippen LogP contribution is 2.17. The molecular formula is C29H36F3N3O5. The fraction of sp³-hybridized carbons (Fsp3) is 0.414. The molecule has 2 atom stereocenters. The first kappa shape index (κ1) is 32.2. The molecule has 218 valence electrons. The van der Waals surface area contributed by atoms with Crippen LogP contribution in [0.1, 0.15) is 38.3 Å². The van der Waals surface area contributed by atoms with Gasteiger partial charge in [-0.15, -0.1) is 0 Å². The smallest absolute Gasteiger partial charge is 0.408 e. The monoisotopic (exact) mass is 563 g/mol. The minimum atomic E-state index is -4.64. The average Bonchev–Trinajstić information content (AvgIpc) is 2.87. The van der Waals surface area contributed by atoms with E-state index in [1.807, 2.05) is 35.6 Å². The number of benzene rings is 2. The Morgan fingerprint density at radius 2 is 1.60 bits per heavy atom. The molecular weight excluding hydrogens is 527 g/mol. The van der Waals surface area contributed by atoms with Gasteiger partial charge in [0.1, 0.15) is 36.6 Å². The zero-order valence-electron chi connectivity index (χ0n) is 22.8. The van der Waals surface area contributed by atoms with E-state index in [1.54, 1.807) is 51.1 Å². The fourth-order valence-electron chi connectivity index (χ4n) is 3.62. The molecule has 3 amide bonds. The van der Waals surface area contributed by atoms with Gasteiger partial charge in [0.2, 0.25) is 11.8 Å². The van der Waals surface area contributed by atoms with Gasteiger partial charge in [0, 0.05) is 6.42 Å². The summed E-state index contributed by atoms with van der Waals surface area (Å²) in [5, 5.41) is 6.88. The number of hydrogen-bond acceptors (Lipinski definition) is 5. The van der Waals surface area contributed by atoms with Crippen LogP contribution in [-0.2, 0) is 27.2 Å². The van der Waals surface area contributed by atoms with Gasteiger partial charge in [0.05, 0.1) is 0 Å². The third-order valence-corrected chi connectivity index (χ3v) is 5.37. The minimum Gasteiger partial charge on any atom is -0.490 e. The summed E-state index contributed by atoms with van der Waals surface area (Å²) < 4.78 is 49.2. The quantitative estimate of drug-likeness (QED) is 0.312. The van der Waals surface area contributed by atoms with Crippen LogP contribution in [0.4, 0.5) is 18.0 Å². The van der Waals surface area contributed by atoms with Crippen LogP contribution in [0, 0.1) is 0 Å². The SMILES string of the molecule is C=CCOc1cccc(CC(NC(=O)C(CCc2ccccc2)NC(=O)OC(C)(C)C)C(=O)NCC(F)(F)F)c1. The molecule has 40 heavy (non-hydrogen) atoms. The molecule has 0 heterocycles. The van der Waals surface area contributed by atoms with Crippen molar-refractivity contribution in [1.82, 2.24) is 16.0 Å². The van der Waals surface area contributed by atoms with Gasteiger partial charge in [-0.1, -0.05) is 55.1 Å². The maximum absolute atomic E-state index is 13.4. The van der Waals surface area contributed by atoms with E-state index in [1.165, 1.54) is 0 Å². The summed E-state index contributed by atoms with van der Waals surface area (Å²) in [6.07, 6.45) is -3.50. The number of ether oxygens (including phenoxy) is 2. The van der Waals surface area contributed by atoms with E-state index in [-0.39, 0.29) is 19.4 Å². The van der Waals surface area contributed by atoms with Crippen LogP contribution in [0.5, 0.6) is 5.75 Å². The van der Waals surface area contributed by atoms with E-state index in [2.05, 4.69) is 17.2 Å². The summed E-state index contributed by atoms with van der Waals surface area (Å²) in [7, 11) is 0. The lowest BCUT2D eigenvalue weighted by atomic mass is 10.0. The number of carbonyl (C=O) groups is 3. The van der Waals surface area contributed by atoms with Crippen molar-refractivity contribution in [2.75, 3.05) is 13.2 Å². The molecule has 0 aromatic heterocycles. The van der Waals surface area contributed by atoms with Crippen molar-refractivity contribution in [3.8, 4) is 5.75 Å². The number of halogens is 3. The Morgan fingerprint density at radius 1 is 0.925 bits per heavy atom. The van der Waals surface area contributed by atoms with Crippen molar-refractivity contribution in [3.63, 3.8) is 0 Å². The predicted octanol–water partition coefficient (Wildman–Crippen LogP) is 4.48. The lowest BCUT2D eigenvalue weighted by molar-refractivity contribution is -0.140. The Hall–Kier alpha value is -4.02. The maximum Gasteiger partial charge on any atom is 0.408 e. The normalized spacial score (nSPS) is 12.9. The molecule has 0 aliphatic rings. The number of alkyl halides is 3. The second-order valence-corrected chi connectivity index (χ2v) is 10.1. The van der Waals surface area contributed by atoms with Crippen LogP contribution in [0.2, 0.25) is 0 Å². The minimum absolute atomic E-state index is 0.126. The molecule has 0 aliphatic heterocycles. The largest absolute Gasteiger partial charge is 0.490 e. The van der Waals surface area contributed by atoms with E-state index in [0.717, 1.165) is 5.56 Å². The molecule has 0 fully saturated rings. The van der Waals surface area contributed by atoms with Crippen LogP contribution < -0.4 is 20.7 Å². The Balaban J connectivity index is 2.26. The van der Waals surface area contributed by atoms with Crippen molar-refractivity contribution in [1.29, 1.82) is 0 Å². The average molecular weight is 564 g/mol. The molecule has 2 aromatic rings. The Morgan fingerprint density at radius 3 is 2.23 bits per heavy atom. The summed E-state index contributed by atoms with van der Waals surface area (Å²) >= 11 is 0. The first-order valence-electron chi connectivity index (χ1n) is 12.8. The molecule has 3 N–H and O–H groups in total. The second-order valence-electron chi connectivity index (χ2n) is 10.1. The van der Waals surface area contributed by atoms with Gasteiger partial charge in [0.15, 0.2) is 0 Å². The highest BCUT2D eigenvalue weighted by molar-refractivity contribution is 5.91. The molecule has 0 radical (unpaired) electrons. The molecule has 0 spiro atoms. The molecule has 0 bridgehead atoms. The lowest BCUT2D eigenvalue weighted by Gasteiger charge is -2.25. The van der Waals surface area contributed by atoms with Crippen LogP contribution in [0.25, 0.3) is 0 Å². The zero-order valence-corrected chi connectivity index (χ0v) is 22.8. The van der Waals surface area contributed by atoms with Crippen LogP contribution >= 0.6 is 0 Å². The second kappa shape index (κ2) is 14.9. The van der Waals surface area contributed by atoms with Crippen molar-refractivity contribution in [3.05, 3.63) is 78.4 Å². The summed E-state index contributed by atoms with van der Waals surface area (Å²) in [4.78, 5) is 38.7. The van der Waals surface area contributed by atoms with Crippen molar-refractivity contribution in [2.24, 2.45) is 0 Å². The summed E-state index contributed by atoms with van der Waals surface area (Å²) in [5.74, 6) is -1.30. The number of hydrogen-bond donors (Lipinski definition) is 3. The van der Waals surface area contributed by atoms with Crippen molar-refractivity contribution >= 4 is 17.9 Å². The van der Waals surface area contributed by atoms with Gasteiger partial charge in [-0.25, -0.2) is 4.79 Å². The number of carbonyl (C=O) groups excluding carboxylic acids is 3. The molecule has 8 nitrogen and oxygen atoms in total. The molecule has 0 saturated heterocycles. The third kappa shape index (κ3) is 12.7. The van der Waals surface area contributed by atoms with Crippen LogP contribution in [0.15, 0.2) is 67.3 Å². The van der Waals surface area contributed by atoms with Crippen molar-refractivity contribution in [2.45, 2.75) is 63.9 Å². The topological polar surface area (TPSA) is 106 Å². The third-order valence-electron chi connectivity index (χ3n) is 5.37. The molecule has 0 saturated carbocycles. The highest BCUT2D eigenvalue weighted by atomic mass is 19.4. The molecule has 2 aromatic carbocycles.